The Kier molecular flexibility index (Phi) is 2.35. The third-order valence-corrected chi connectivity index (χ3v) is 2.43. The number of rotatable bonds is 3. The van der Waals surface area contributed by atoms with Crippen molar-refractivity contribution in [2.45, 2.75) is 12.8 Å². The maximum atomic E-state index is 5.46. The molecular weight excluding hydrogens is 234 g/mol. The summed E-state index contributed by atoms with van der Waals surface area (Å²) in [5, 5.41) is 0. The molecule has 0 radical (unpaired) electrons. The molecule has 4 nitrogen and oxygen atoms in total. The minimum Gasteiger partial charge on any atom is -0.476 e. The van der Waals surface area contributed by atoms with Gasteiger partial charge in [-0.15, -0.1) is 0 Å². The van der Waals surface area contributed by atoms with Crippen molar-refractivity contribution >= 4 is 21.9 Å². The van der Waals surface area contributed by atoms with Crippen LogP contribution < -0.4 is 10.5 Å². The molecule has 0 aromatic carbocycles. The van der Waals surface area contributed by atoms with E-state index in [1.807, 2.05) is 0 Å². The number of nitrogens with zero attached hydrogens (tertiary/aromatic N) is 2. The number of anilines is 1. The molecule has 5 heteroatoms. The van der Waals surface area contributed by atoms with Crippen molar-refractivity contribution in [3.05, 3.63) is 10.7 Å². The Labute approximate surface area is 84.6 Å². The lowest BCUT2D eigenvalue weighted by Gasteiger charge is -2.05. The van der Waals surface area contributed by atoms with Crippen LogP contribution in [0.5, 0.6) is 5.88 Å². The van der Waals surface area contributed by atoms with Crippen LogP contribution in [0.3, 0.4) is 0 Å². The van der Waals surface area contributed by atoms with Crippen LogP contribution in [0.2, 0.25) is 0 Å². The van der Waals surface area contributed by atoms with E-state index in [1.165, 1.54) is 12.8 Å². The number of hydrogen-bond acceptors (Lipinski definition) is 4. The lowest BCUT2D eigenvalue weighted by molar-refractivity contribution is 0.286. The summed E-state index contributed by atoms with van der Waals surface area (Å²) in [7, 11) is 0. The fourth-order valence-corrected chi connectivity index (χ4v) is 1.25. The largest absolute Gasteiger partial charge is 0.476 e. The summed E-state index contributed by atoms with van der Waals surface area (Å²) in [6, 6.07) is 0. The number of ether oxygens (including phenoxy) is 1. The number of nitrogen functional groups attached to an aromatic ring is 1. The molecule has 1 aliphatic rings. The maximum Gasteiger partial charge on any atom is 0.232 e. The average molecular weight is 244 g/mol. The molecule has 0 saturated heterocycles. The quantitative estimate of drug-likeness (QED) is 0.877. The van der Waals surface area contributed by atoms with Crippen LogP contribution in [0, 0.1) is 5.92 Å². The second-order valence-corrected chi connectivity index (χ2v) is 3.99. The van der Waals surface area contributed by atoms with Gasteiger partial charge in [0, 0.05) is 0 Å². The Morgan fingerprint density at radius 2 is 2.38 bits per heavy atom. The van der Waals surface area contributed by atoms with Gasteiger partial charge in [-0.05, 0) is 34.7 Å². The molecule has 0 aliphatic heterocycles. The van der Waals surface area contributed by atoms with Gasteiger partial charge in [0.05, 0.1) is 17.3 Å². The van der Waals surface area contributed by atoms with Crippen molar-refractivity contribution in [1.29, 1.82) is 0 Å². The van der Waals surface area contributed by atoms with E-state index in [-0.39, 0.29) is 5.95 Å². The van der Waals surface area contributed by atoms with Gasteiger partial charge in [-0.3, -0.25) is 0 Å². The van der Waals surface area contributed by atoms with Crippen molar-refractivity contribution in [2.24, 2.45) is 5.92 Å². The first kappa shape index (κ1) is 8.74. The average Bonchev–Trinajstić information content (AvgIpc) is 2.90. The molecule has 70 valence electrons. The molecule has 0 atom stereocenters. The van der Waals surface area contributed by atoms with Crippen LogP contribution in [-0.4, -0.2) is 16.6 Å². The van der Waals surface area contributed by atoms with Crippen LogP contribution in [0.4, 0.5) is 5.95 Å². The smallest absolute Gasteiger partial charge is 0.232 e. The highest BCUT2D eigenvalue weighted by Gasteiger charge is 2.22. The zero-order valence-corrected chi connectivity index (χ0v) is 8.62. The number of hydrogen-bond donors (Lipinski definition) is 1. The molecule has 0 amide bonds. The van der Waals surface area contributed by atoms with E-state index in [4.69, 9.17) is 10.5 Å². The van der Waals surface area contributed by atoms with Crippen molar-refractivity contribution in [3.63, 3.8) is 0 Å². The molecule has 0 spiro atoms. The number of aromatic nitrogens is 2. The summed E-state index contributed by atoms with van der Waals surface area (Å²) >= 11 is 3.30. The molecule has 0 unspecified atom stereocenters. The molecule has 1 heterocycles. The highest BCUT2D eigenvalue weighted by molar-refractivity contribution is 9.10. The van der Waals surface area contributed by atoms with Crippen LogP contribution in [0.25, 0.3) is 0 Å². The summed E-state index contributed by atoms with van der Waals surface area (Å²) in [5.74, 6) is 1.50. The first-order valence-corrected chi connectivity index (χ1v) is 4.96. The van der Waals surface area contributed by atoms with Gasteiger partial charge in [-0.25, -0.2) is 4.98 Å². The molecule has 2 N–H and O–H groups in total. The Hall–Kier alpha value is -0.840. The van der Waals surface area contributed by atoms with Gasteiger partial charge >= 0.3 is 0 Å². The van der Waals surface area contributed by atoms with Gasteiger partial charge in [0.1, 0.15) is 0 Å². The normalized spacial score (nSPS) is 15.8. The van der Waals surface area contributed by atoms with E-state index >= 15 is 0 Å². The van der Waals surface area contributed by atoms with Gasteiger partial charge in [0.2, 0.25) is 11.8 Å². The summed E-state index contributed by atoms with van der Waals surface area (Å²) in [6.45, 7) is 0.731. The maximum absolute atomic E-state index is 5.46. The highest BCUT2D eigenvalue weighted by Crippen LogP contribution is 2.30. The lowest BCUT2D eigenvalue weighted by Crippen LogP contribution is -2.04. The molecule has 0 bridgehead atoms. The first-order valence-electron chi connectivity index (χ1n) is 4.16. The zero-order valence-electron chi connectivity index (χ0n) is 7.03. The van der Waals surface area contributed by atoms with Gasteiger partial charge in [-0.1, -0.05) is 0 Å². The van der Waals surface area contributed by atoms with E-state index in [1.54, 1.807) is 6.20 Å². The molecule has 2 rings (SSSR count). The van der Waals surface area contributed by atoms with E-state index < -0.39 is 0 Å². The van der Waals surface area contributed by atoms with Crippen LogP contribution in [0.1, 0.15) is 12.8 Å². The fraction of sp³-hybridized carbons (Fsp3) is 0.500. The Bertz CT molecular complexity index is 314. The summed E-state index contributed by atoms with van der Waals surface area (Å²) in [4.78, 5) is 7.79. The van der Waals surface area contributed by atoms with E-state index in [0.29, 0.717) is 11.8 Å². The van der Waals surface area contributed by atoms with Gasteiger partial charge in [-0.2, -0.15) is 4.98 Å². The summed E-state index contributed by atoms with van der Waals surface area (Å²) in [6.07, 6.45) is 4.13. The fourth-order valence-electron chi connectivity index (χ4n) is 0.947. The van der Waals surface area contributed by atoms with Crippen molar-refractivity contribution in [3.8, 4) is 5.88 Å². The van der Waals surface area contributed by atoms with Crippen molar-refractivity contribution in [2.75, 3.05) is 12.3 Å². The zero-order chi connectivity index (χ0) is 9.26. The molecule has 1 aromatic rings. The Morgan fingerprint density at radius 1 is 1.62 bits per heavy atom. The molecule has 1 saturated carbocycles. The Morgan fingerprint density at radius 3 is 3.08 bits per heavy atom. The predicted octanol–water partition coefficient (Wildman–Crippen LogP) is 1.61. The third-order valence-electron chi connectivity index (χ3n) is 1.88. The first-order chi connectivity index (χ1) is 6.25. The third kappa shape index (κ3) is 2.30. The van der Waals surface area contributed by atoms with Gasteiger partial charge in [0.15, 0.2) is 0 Å². The van der Waals surface area contributed by atoms with Gasteiger partial charge in [0.25, 0.3) is 0 Å². The molecule has 1 aromatic heterocycles. The van der Waals surface area contributed by atoms with Crippen molar-refractivity contribution in [1.82, 2.24) is 9.97 Å². The van der Waals surface area contributed by atoms with Crippen LogP contribution in [-0.2, 0) is 0 Å². The van der Waals surface area contributed by atoms with E-state index in [9.17, 15) is 0 Å². The number of halogens is 1. The van der Waals surface area contributed by atoms with E-state index in [0.717, 1.165) is 11.1 Å². The second-order valence-electron chi connectivity index (χ2n) is 3.14. The van der Waals surface area contributed by atoms with Crippen molar-refractivity contribution < 1.29 is 4.74 Å². The SMILES string of the molecule is Nc1ncc(Br)c(OCC2CC2)n1. The Balaban J connectivity index is 2.03. The molecule has 13 heavy (non-hydrogen) atoms. The standard InChI is InChI=1S/C8H10BrN3O/c9-6-3-11-8(10)12-7(6)13-4-5-1-2-5/h3,5H,1-2,4H2,(H2,10,11,12). The number of nitrogens with two attached hydrogens (primary N) is 1. The minimum absolute atomic E-state index is 0.244. The predicted molar refractivity (Wildman–Crippen MR) is 52.4 cm³/mol. The topological polar surface area (TPSA) is 61.0 Å². The summed E-state index contributed by atoms with van der Waals surface area (Å²) < 4.78 is 6.22. The van der Waals surface area contributed by atoms with Gasteiger partial charge < -0.3 is 10.5 Å². The van der Waals surface area contributed by atoms with E-state index in [2.05, 4.69) is 25.9 Å². The minimum atomic E-state index is 0.244. The van der Waals surface area contributed by atoms with Crippen LogP contribution in [0.15, 0.2) is 10.7 Å². The monoisotopic (exact) mass is 243 g/mol. The molecular formula is C8H10BrN3O. The highest BCUT2D eigenvalue weighted by atomic mass is 79.9. The summed E-state index contributed by atoms with van der Waals surface area (Å²) in [5.41, 5.74) is 5.43. The molecule has 1 aliphatic carbocycles. The molecule has 1 fully saturated rings. The second kappa shape index (κ2) is 3.49. The van der Waals surface area contributed by atoms with Crippen LogP contribution >= 0.6 is 15.9 Å². The lowest BCUT2D eigenvalue weighted by atomic mass is 10.5.